The van der Waals surface area contributed by atoms with E-state index in [1.165, 1.54) is 5.56 Å². The normalized spacial score (nSPS) is 10.4. The van der Waals surface area contributed by atoms with Crippen LogP contribution in [0.1, 0.15) is 11.1 Å². The number of benzene rings is 1. The van der Waals surface area contributed by atoms with Crippen LogP contribution in [-0.4, -0.2) is 9.78 Å². The van der Waals surface area contributed by atoms with Crippen molar-refractivity contribution in [2.24, 2.45) is 0 Å². The summed E-state index contributed by atoms with van der Waals surface area (Å²) in [6.45, 7) is 2.06. The highest BCUT2D eigenvalue weighted by Gasteiger charge is 2.00. The summed E-state index contributed by atoms with van der Waals surface area (Å²) in [5.41, 5.74) is 3.42. The number of alkyl halides is 1. The molecule has 0 bridgehead atoms. The van der Waals surface area contributed by atoms with Crippen LogP contribution in [0.4, 0.5) is 0 Å². The molecule has 0 atom stereocenters. The SMILES string of the molecule is Cc1ccc(-n2cccn2)cc1CCl. The fraction of sp³-hybridized carbons (Fsp3) is 0.182. The Kier molecular flexibility index (Phi) is 2.55. The Balaban J connectivity index is 2.46. The number of aryl methyl sites for hydroxylation is 1. The highest BCUT2D eigenvalue weighted by atomic mass is 35.5. The molecule has 0 aliphatic rings. The van der Waals surface area contributed by atoms with E-state index in [-0.39, 0.29) is 0 Å². The van der Waals surface area contributed by atoms with Crippen molar-refractivity contribution in [1.29, 1.82) is 0 Å². The van der Waals surface area contributed by atoms with Gasteiger partial charge in [-0.05, 0) is 36.2 Å². The van der Waals surface area contributed by atoms with Gasteiger partial charge in [-0.1, -0.05) is 6.07 Å². The van der Waals surface area contributed by atoms with Crippen molar-refractivity contribution in [2.45, 2.75) is 12.8 Å². The average molecular weight is 207 g/mol. The molecule has 0 saturated heterocycles. The summed E-state index contributed by atoms with van der Waals surface area (Å²) in [6, 6.07) is 8.07. The molecule has 0 amide bonds. The van der Waals surface area contributed by atoms with Crippen LogP contribution in [0, 0.1) is 6.92 Å². The molecule has 2 nitrogen and oxygen atoms in total. The van der Waals surface area contributed by atoms with E-state index in [0.717, 1.165) is 11.3 Å². The van der Waals surface area contributed by atoms with Crippen molar-refractivity contribution in [3.63, 3.8) is 0 Å². The predicted molar refractivity (Wildman–Crippen MR) is 57.9 cm³/mol. The summed E-state index contributed by atoms with van der Waals surface area (Å²) in [4.78, 5) is 0. The molecule has 0 aliphatic heterocycles. The molecular formula is C11H11ClN2. The minimum atomic E-state index is 0.543. The number of aromatic nitrogens is 2. The number of hydrogen-bond acceptors (Lipinski definition) is 1. The van der Waals surface area contributed by atoms with Crippen LogP contribution >= 0.6 is 11.6 Å². The van der Waals surface area contributed by atoms with Crippen molar-refractivity contribution in [1.82, 2.24) is 9.78 Å². The molecule has 0 spiro atoms. The first-order valence-corrected chi connectivity index (χ1v) is 5.00. The molecule has 0 aliphatic carbocycles. The third-order valence-electron chi connectivity index (χ3n) is 2.25. The lowest BCUT2D eigenvalue weighted by Gasteiger charge is -2.06. The zero-order valence-electron chi connectivity index (χ0n) is 7.94. The van der Waals surface area contributed by atoms with Gasteiger partial charge in [-0.3, -0.25) is 0 Å². The number of hydrogen-bond donors (Lipinski definition) is 0. The first kappa shape index (κ1) is 9.28. The monoisotopic (exact) mass is 206 g/mol. The van der Waals surface area contributed by atoms with Crippen LogP contribution in [0.5, 0.6) is 0 Å². The number of rotatable bonds is 2. The van der Waals surface area contributed by atoms with Crippen LogP contribution in [0.3, 0.4) is 0 Å². The first-order chi connectivity index (χ1) is 6.81. The summed E-state index contributed by atoms with van der Waals surface area (Å²) >= 11 is 5.84. The van der Waals surface area contributed by atoms with Crippen molar-refractivity contribution in [2.75, 3.05) is 0 Å². The van der Waals surface area contributed by atoms with E-state index in [0.29, 0.717) is 5.88 Å². The molecule has 1 aromatic heterocycles. The number of halogens is 1. The summed E-state index contributed by atoms with van der Waals surface area (Å²) < 4.78 is 1.83. The Hall–Kier alpha value is -1.28. The zero-order valence-corrected chi connectivity index (χ0v) is 8.70. The van der Waals surface area contributed by atoms with Gasteiger partial charge >= 0.3 is 0 Å². The summed E-state index contributed by atoms with van der Waals surface area (Å²) in [6.07, 6.45) is 3.68. The maximum Gasteiger partial charge on any atom is 0.0648 e. The van der Waals surface area contributed by atoms with Crippen LogP contribution in [-0.2, 0) is 5.88 Å². The molecule has 0 fully saturated rings. The Morgan fingerprint density at radius 1 is 1.43 bits per heavy atom. The van der Waals surface area contributed by atoms with Crippen LogP contribution < -0.4 is 0 Å². The molecule has 0 unspecified atom stereocenters. The average Bonchev–Trinajstić information content (AvgIpc) is 2.71. The van der Waals surface area contributed by atoms with E-state index < -0.39 is 0 Å². The van der Waals surface area contributed by atoms with Crippen LogP contribution in [0.2, 0.25) is 0 Å². The van der Waals surface area contributed by atoms with Crippen molar-refractivity contribution in [3.05, 3.63) is 47.8 Å². The molecular weight excluding hydrogens is 196 g/mol. The molecule has 1 aromatic carbocycles. The molecule has 1 heterocycles. The van der Waals surface area contributed by atoms with Gasteiger partial charge in [-0.2, -0.15) is 5.10 Å². The van der Waals surface area contributed by atoms with E-state index in [1.54, 1.807) is 6.20 Å². The third kappa shape index (κ3) is 1.66. The lowest BCUT2D eigenvalue weighted by atomic mass is 10.1. The van der Waals surface area contributed by atoms with Gasteiger partial charge in [0.25, 0.3) is 0 Å². The highest BCUT2D eigenvalue weighted by molar-refractivity contribution is 6.17. The van der Waals surface area contributed by atoms with Crippen molar-refractivity contribution >= 4 is 11.6 Å². The smallest absolute Gasteiger partial charge is 0.0648 e. The largest absolute Gasteiger partial charge is 0.241 e. The second-order valence-corrected chi connectivity index (χ2v) is 3.46. The van der Waals surface area contributed by atoms with Crippen molar-refractivity contribution in [3.8, 4) is 5.69 Å². The Bertz CT molecular complexity index is 421. The molecule has 2 aromatic rings. The summed E-state index contributed by atoms with van der Waals surface area (Å²) in [5, 5.41) is 4.17. The van der Waals surface area contributed by atoms with Gasteiger partial charge in [0.2, 0.25) is 0 Å². The van der Waals surface area contributed by atoms with Crippen LogP contribution in [0.25, 0.3) is 5.69 Å². The fourth-order valence-electron chi connectivity index (χ4n) is 1.37. The lowest BCUT2D eigenvalue weighted by Crippen LogP contribution is -1.96. The molecule has 0 saturated carbocycles. The first-order valence-electron chi connectivity index (χ1n) is 4.47. The standard InChI is InChI=1S/C11H11ClN2/c1-9-3-4-11(7-10(9)8-12)14-6-2-5-13-14/h2-7H,8H2,1H3. The Morgan fingerprint density at radius 3 is 2.93 bits per heavy atom. The maximum atomic E-state index is 5.84. The van der Waals surface area contributed by atoms with Gasteiger partial charge in [0, 0.05) is 18.3 Å². The molecule has 0 N–H and O–H groups in total. The quantitative estimate of drug-likeness (QED) is 0.691. The van der Waals surface area contributed by atoms with Gasteiger partial charge in [-0.15, -0.1) is 11.6 Å². The van der Waals surface area contributed by atoms with E-state index in [2.05, 4.69) is 24.2 Å². The Labute approximate surface area is 88.1 Å². The van der Waals surface area contributed by atoms with E-state index in [9.17, 15) is 0 Å². The van der Waals surface area contributed by atoms with Gasteiger partial charge in [0.05, 0.1) is 5.69 Å². The molecule has 72 valence electrons. The summed E-state index contributed by atoms with van der Waals surface area (Å²) in [5.74, 6) is 0.543. The molecule has 3 heteroatoms. The molecule has 14 heavy (non-hydrogen) atoms. The zero-order chi connectivity index (χ0) is 9.97. The minimum absolute atomic E-state index is 0.543. The van der Waals surface area contributed by atoms with Gasteiger partial charge in [0.15, 0.2) is 0 Å². The predicted octanol–water partition coefficient (Wildman–Crippen LogP) is 2.92. The minimum Gasteiger partial charge on any atom is -0.241 e. The van der Waals surface area contributed by atoms with E-state index >= 15 is 0 Å². The van der Waals surface area contributed by atoms with Gasteiger partial charge < -0.3 is 0 Å². The van der Waals surface area contributed by atoms with Gasteiger partial charge in [0.1, 0.15) is 0 Å². The topological polar surface area (TPSA) is 17.8 Å². The van der Waals surface area contributed by atoms with E-state index in [4.69, 9.17) is 11.6 Å². The second-order valence-electron chi connectivity index (χ2n) is 3.20. The highest BCUT2D eigenvalue weighted by Crippen LogP contribution is 2.15. The third-order valence-corrected chi connectivity index (χ3v) is 2.53. The van der Waals surface area contributed by atoms with E-state index in [1.807, 2.05) is 23.0 Å². The maximum absolute atomic E-state index is 5.84. The Morgan fingerprint density at radius 2 is 2.29 bits per heavy atom. The van der Waals surface area contributed by atoms with Crippen molar-refractivity contribution < 1.29 is 0 Å². The second kappa shape index (κ2) is 3.84. The lowest BCUT2D eigenvalue weighted by molar-refractivity contribution is 0.878. The van der Waals surface area contributed by atoms with Gasteiger partial charge in [-0.25, -0.2) is 4.68 Å². The van der Waals surface area contributed by atoms with Crippen LogP contribution in [0.15, 0.2) is 36.7 Å². The fourth-order valence-corrected chi connectivity index (χ4v) is 1.65. The number of nitrogens with zero attached hydrogens (tertiary/aromatic N) is 2. The summed E-state index contributed by atoms with van der Waals surface area (Å²) in [7, 11) is 0. The molecule has 0 radical (unpaired) electrons. The molecule has 2 rings (SSSR count).